The maximum absolute atomic E-state index is 3.67. The van der Waals surface area contributed by atoms with Crippen LogP contribution in [0.3, 0.4) is 0 Å². The topological polar surface area (TPSA) is 12.0 Å². The van der Waals surface area contributed by atoms with Gasteiger partial charge in [-0.15, -0.1) is 0 Å². The van der Waals surface area contributed by atoms with Crippen LogP contribution in [-0.4, -0.2) is 6.04 Å². The quantitative estimate of drug-likeness (QED) is 0.806. The number of benzene rings is 1. The first-order chi connectivity index (χ1) is 7.95. The molecule has 0 aliphatic rings. The lowest BCUT2D eigenvalue weighted by atomic mass is 9.98. The molecule has 0 radical (unpaired) electrons. The molecule has 0 aliphatic carbocycles. The number of hydrogen-bond donors (Lipinski definition) is 1. The molecule has 1 aromatic carbocycles. The van der Waals surface area contributed by atoms with Gasteiger partial charge < -0.3 is 5.32 Å². The Bertz CT molecular complexity index is 366. The van der Waals surface area contributed by atoms with Crippen molar-refractivity contribution in [2.45, 2.75) is 60.5 Å². The second-order valence-corrected chi connectivity index (χ2v) is 5.50. The fourth-order valence-corrected chi connectivity index (χ4v) is 2.30. The second-order valence-electron chi connectivity index (χ2n) is 5.50. The summed E-state index contributed by atoms with van der Waals surface area (Å²) in [5.41, 5.74) is 5.62. The van der Waals surface area contributed by atoms with Crippen LogP contribution in [0.2, 0.25) is 0 Å². The molecule has 1 rings (SSSR count). The van der Waals surface area contributed by atoms with Crippen molar-refractivity contribution in [1.29, 1.82) is 0 Å². The Kier molecular flexibility index (Phi) is 5.20. The number of aryl methyl sites for hydroxylation is 3. The summed E-state index contributed by atoms with van der Waals surface area (Å²) < 4.78 is 0. The molecule has 0 bridgehead atoms. The second kappa shape index (κ2) is 6.20. The van der Waals surface area contributed by atoms with Crippen LogP contribution in [0, 0.1) is 26.7 Å². The summed E-state index contributed by atoms with van der Waals surface area (Å²) in [6.45, 7) is 14.4. The van der Waals surface area contributed by atoms with E-state index in [0.717, 1.165) is 6.54 Å². The van der Waals surface area contributed by atoms with E-state index >= 15 is 0 Å². The Labute approximate surface area is 107 Å². The van der Waals surface area contributed by atoms with E-state index in [0.29, 0.717) is 12.0 Å². The minimum Gasteiger partial charge on any atom is -0.310 e. The number of hydrogen-bond acceptors (Lipinski definition) is 1. The first kappa shape index (κ1) is 14.2. The highest BCUT2D eigenvalue weighted by Gasteiger charge is 2.10. The molecular weight excluding hydrogens is 206 g/mol. The average molecular weight is 233 g/mol. The van der Waals surface area contributed by atoms with Crippen LogP contribution < -0.4 is 5.32 Å². The zero-order valence-corrected chi connectivity index (χ0v) is 12.2. The van der Waals surface area contributed by atoms with Gasteiger partial charge in [0.05, 0.1) is 0 Å². The third-order valence-electron chi connectivity index (χ3n) is 3.75. The van der Waals surface area contributed by atoms with Gasteiger partial charge in [-0.2, -0.15) is 0 Å². The number of rotatable bonds is 5. The van der Waals surface area contributed by atoms with Gasteiger partial charge >= 0.3 is 0 Å². The summed E-state index contributed by atoms with van der Waals surface area (Å²) in [6, 6.07) is 5.24. The highest BCUT2D eigenvalue weighted by molar-refractivity contribution is 5.36. The predicted octanol–water partition coefficient (Wildman–Crippen LogP) is 4.14. The molecule has 0 heterocycles. The maximum Gasteiger partial charge on any atom is 0.0210 e. The SMILES string of the molecule is CCC(NCc1cc(C)c(C)cc1C)C(C)C. The fourth-order valence-electron chi connectivity index (χ4n) is 2.30. The molecule has 0 aliphatic heterocycles. The molecular formula is C16H27N. The van der Waals surface area contributed by atoms with Crippen molar-refractivity contribution < 1.29 is 0 Å². The molecule has 0 saturated carbocycles. The highest BCUT2D eigenvalue weighted by Crippen LogP contribution is 2.16. The summed E-state index contributed by atoms with van der Waals surface area (Å²) in [5.74, 6) is 0.701. The lowest BCUT2D eigenvalue weighted by Gasteiger charge is -2.21. The van der Waals surface area contributed by atoms with Crippen LogP contribution in [0.25, 0.3) is 0 Å². The van der Waals surface area contributed by atoms with E-state index in [1.54, 1.807) is 0 Å². The molecule has 0 aromatic heterocycles. The van der Waals surface area contributed by atoms with E-state index in [2.05, 4.69) is 59.0 Å². The maximum atomic E-state index is 3.67. The lowest BCUT2D eigenvalue weighted by Crippen LogP contribution is -2.32. The first-order valence-corrected chi connectivity index (χ1v) is 6.75. The predicted molar refractivity (Wildman–Crippen MR) is 76.4 cm³/mol. The lowest BCUT2D eigenvalue weighted by molar-refractivity contribution is 0.387. The Morgan fingerprint density at radius 3 is 2.12 bits per heavy atom. The molecule has 1 nitrogen and oxygen atoms in total. The smallest absolute Gasteiger partial charge is 0.0210 e. The van der Waals surface area contributed by atoms with Crippen LogP contribution in [0.4, 0.5) is 0 Å². The summed E-state index contributed by atoms with van der Waals surface area (Å²) >= 11 is 0. The van der Waals surface area contributed by atoms with Crippen molar-refractivity contribution in [3.63, 3.8) is 0 Å². The highest BCUT2D eigenvalue weighted by atomic mass is 14.9. The summed E-state index contributed by atoms with van der Waals surface area (Å²) in [5, 5.41) is 3.67. The van der Waals surface area contributed by atoms with E-state index in [9.17, 15) is 0 Å². The van der Waals surface area contributed by atoms with Crippen molar-refractivity contribution in [2.75, 3.05) is 0 Å². The molecule has 0 amide bonds. The van der Waals surface area contributed by atoms with Gasteiger partial charge in [0.1, 0.15) is 0 Å². The largest absolute Gasteiger partial charge is 0.310 e. The van der Waals surface area contributed by atoms with Gasteiger partial charge in [0.15, 0.2) is 0 Å². The molecule has 96 valence electrons. The van der Waals surface area contributed by atoms with Crippen molar-refractivity contribution in [2.24, 2.45) is 5.92 Å². The Hall–Kier alpha value is -0.820. The van der Waals surface area contributed by atoms with E-state index in [-0.39, 0.29) is 0 Å². The van der Waals surface area contributed by atoms with Crippen molar-refractivity contribution in [1.82, 2.24) is 5.32 Å². The molecule has 17 heavy (non-hydrogen) atoms. The third kappa shape index (κ3) is 3.85. The Morgan fingerprint density at radius 1 is 1.00 bits per heavy atom. The van der Waals surface area contributed by atoms with Gasteiger partial charge in [0, 0.05) is 12.6 Å². The van der Waals surface area contributed by atoms with E-state index in [4.69, 9.17) is 0 Å². The molecule has 1 aromatic rings. The fraction of sp³-hybridized carbons (Fsp3) is 0.625. The normalized spacial score (nSPS) is 13.1. The van der Waals surface area contributed by atoms with Gasteiger partial charge in [-0.3, -0.25) is 0 Å². The zero-order valence-electron chi connectivity index (χ0n) is 12.2. The van der Waals surface area contributed by atoms with Crippen LogP contribution in [0.15, 0.2) is 12.1 Å². The van der Waals surface area contributed by atoms with Crippen molar-refractivity contribution in [3.05, 3.63) is 34.4 Å². The van der Waals surface area contributed by atoms with Crippen LogP contribution in [-0.2, 0) is 6.54 Å². The summed E-state index contributed by atoms with van der Waals surface area (Å²) in [6.07, 6.45) is 1.20. The molecule has 0 spiro atoms. The van der Waals surface area contributed by atoms with E-state index in [1.807, 2.05) is 0 Å². The minimum absolute atomic E-state index is 0.621. The standard InChI is InChI=1S/C16H27N/c1-7-16(11(2)3)17-10-15-9-13(5)12(4)8-14(15)6/h8-9,11,16-17H,7,10H2,1-6H3. The van der Waals surface area contributed by atoms with Crippen molar-refractivity contribution >= 4 is 0 Å². The summed E-state index contributed by atoms with van der Waals surface area (Å²) in [7, 11) is 0. The zero-order chi connectivity index (χ0) is 13.0. The molecule has 0 saturated heterocycles. The molecule has 1 heteroatoms. The monoisotopic (exact) mass is 233 g/mol. The molecule has 1 N–H and O–H groups in total. The Morgan fingerprint density at radius 2 is 1.59 bits per heavy atom. The van der Waals surface area contributed by atoms with Gasteiger partial charge in [0.25, 0.3) is 0 Å². The minimum atomic E-state index is 0.621. The van der Waals surface area contributed by atoms with Gasteiger partial charge in [-0.1, -0.05) is 32.9 Å². The average Bonchev–Trinajstić information content (AvgIpc) is 2.25. The first-order valence-electron chi connectivity index (χ1n) is 6.75. The Balaban J connectivity index is 2.72. The molecule has 1 unspecified atom stereocenters. The van der Waals surface area contributed by atoms with Crippen LogP contribution >= 0.6 is 0 Å². The van der Waals surface area contributed by atoms with Crippen LogP contribution in [0.1, 0.15) is 49.4 Å². The van der Waals surface area contributed by atoms with Crippen LogP contribution in [0.5, 0.6) is 0 Å². The third-order valence-corrected chi connectivity index (χ3v) is 3.75. The van der Waals surface area contributed by atoms with Crippen molar-refractivity contribution in [3.8, 4) is 0 Å². The van der Waals surface area contributed by atoms with E-state index in [1.165, 1.54) is 28.7 Å². The summed E-state index contributed by atoms with van der Waals surface area (Å²) in [4.78, 5) is 0. The molecule has 1 atom stereocenters. The van der Waals surface area contributed by atoms with E-state index < -0.39 is 0 Å². The number of nitrogens with one attached hydrogen (secondary N) is 1. The van der Waals surface area contributed by atoms with Gasteiger partial charge in [-0.05, 0) is 55.4 Å². The molecule has 0 fully saturated rings. The van der Waals surface area contributed by atoms with Gasteiger partial charge in [-0.25, -0.2) is 0 Å². The van der Waals surface area contributed by atoms with Gasteiger partial charge in [0.2, 0.25) is 0 Å².